The predicted octanol–water partition coefficient (Wildman–Crippen LogP) is 2.71. The normalized spacial score (nSPS) is 10.1. The summed E-state index contributed by atoms with van der Waals surface area (Å²) in [6.07, 6.45) is 4.86. The van der Waals surface area contributed by atoms with Gasteiger partial charge in [0.2, 0.25) is 5.88 Å². The van der Waals surface area contributed by atoms with Gasteiger partial charge in [0.15, 0.2) is 5.75 Å². The summed E-state index contributed by atoms with van der Waals surface area (Å²) in [5.74, 6) is 1.41. The molecule has 0 aromatic carbocycles. The monoisotopic (exact) mass is 235 g/mol. The van der Waals surface area contributed by atoms with Gasteiger partial charge in [0.25, 0.3) is 0 Å². The Labute approximate surface area is 98.3 Å². The van der Waals surface area contributed by atoms with Gasteiger partial charge in [-0.2, -0.15) is 0 Å². The molecule has 0 aliphatic rings. The molecule has 0 radical (unpaired) electrons. The molecule has 0 atom stereocenters. The molecule has 0 saturated heterocycles. The molecular formula is C11H10ClN3O. The van der Waals surface area contributed by atoms with Gasteiger partial charge in [-0.05, 0) is 19.1 Å². The maximum absolute atomic E-state index is 5.66. The Morgan fingerprint density at radius 1 is 1.38 bits per heavy atom. The summed E-state index contributed by atoms with van der Waals surface area (Å²) >= 11 is 5.66. The summed E-state index contributed by atoms with van der Waals surface area (Å²) in [4.78, 5) is 12.3. The van der Waals surface area contributed by atoms with Crippen molar-refractivity contribution in [1.29, 1.82) is 0 Å². The van der Waals surface area contributed by atoms with Crippen LogP contribution < -0.4 is 4.74 Å². The fourth-order valence-corrected chi connectivity index (χ4v) is 1.32. The largest absolute Gasteiger partial charge is 0.436 e. The molecular weight excluding hydrogens is 226 g/mol. The van der Waals surface area contributed by atoms with E-state index < -0.39 is 0 Å². The van der Waals surface area contributed by atoms with Gasteiger partial charge in [-0.25, -0.2) is 4.98 Å². The first kappa shape index (κ1) is 10.8. The molecule has 0 unspecified atom stereocenters. The number of aryl methyl sites for hydroxylation is 1. The molecule has 4 nitrogen and oxygen atoms in total. The lowest BCUT2D eigenvalue weighted by Crippen LogP contribution is -1.95. The zero-order chi connectivity index (χ0) is 11.4. The number of nitrogens with zero attached hydrogens (tertiary/aromatic N) is 3. The van der Waals surface area contributed by atoms with Crippen molar-refractivity contribution >= 4 is 11.6 Å². The van der Waals surface area contributed by atoms with Crippen LogP contribution in [0.4, 0.5) is 0 Å². The molecule has 82 valence electrons. The third kappa shape index (κ3) is 2.46. The molecule has 0 aliphatic heterocycles. The summed E-state index contributed by atoms with van der Waals surface area (Å²) in [7, 11) is 0. The van der Waals surface area contributed by atoms with Gasteiger partial charge in [0.1, 0.15) is 0 Å². The highest BCUT2D eigenvalue weighted by molar-refractivity contribution is 6.16. The Morgan fingerprint density at radius 3 is 3.00 bits per heavy atom. The van der Waals surface area contributed by atoms with Crippen molar-refractivity contribution in [2.75, 3.05) is 0 Å². The van der Waals surface area contributed by atoms with Crippen molar-refractivity contribution in [3.8, 4) is 11.6 Å². The molecule has 2 aromatic rings. The van der Waals surface area contributed by atoms with Crippen LogP contribution in [0.1, 0.15) is 11.4 Å². The lowest BCUT2D eigenvalue weighted by atomic mass is 10.3. The molecule has 2 rings (SSSR count). The second-order valence-corrected chi connectivity index (χ2v) is 3.44. The summed E-state index contributed by atoms with van der Waals surface area (Å²) in [6, 6.07) is 3.64. The van der Waals surface area contributed by atoms with Crippen molar-refractivity contribution in [1.82, 2.24) is 15.0 Å². The molecule has 0 bridgehead atoms. The van der Waals surface area contributed by atoms with Crippen LogP contribution in [0.5, 0.6) is 11.6 Å². The van der Waals surface area contributed by atoms with E-state index in [0.717, 1.165) is 5.69 Å². The number of aromatic nitrogens is 3. The predicted molar refractivity (Wildman–Crippen MR) is 60.6 cm³/mol. The number of alkyl halides is 1. The summed E-state index contributed by atoms with van der Waals surface area (Å²) < 4.78 is 5.56. The molecule has 0 fully saturated rings. The van der Waals surface area contributed by atoms with Crippen LogP contribution >= 0.6 is 11.6 Å². The zero-order valence-electron chi connectivity index (χ0n) is 8.72. The van der Waals surface area contributed by atoms with E-state index in [1.165, 1.54) is 0 Å². The average Bonchev–Trinajstić information content (AvgIpc) is 2.32. The highest BCUT2D eigenvalue weighted by Crippen LogP contribution is 2.20. The van der Waals surface area contributed by atoms with Crippen LogP contribution in [-0.2, 0) is 5.88 Å². The summed E-state index contributed by atoms with van der Waals surface area (Å²) in [5, 5.41) is 0. The van der Waals surface area contributed by atoms with Crippen LogP contribution in [0.3, 0.4) is 0 Å². The fraction of sp³-hybridized carbons (Fsp3) is 0.182. The molecule has 0 amide bonds. The van der Waals surface area contributed by atoms with Gasteiger partial charge in [0.05, 0.1) is 23.5 Å². The minimum absolute atomic E-state index is 0.316. The Balaban J connectivity index is 2.24. The molecule has 0 aliphatic carbocycles. The Kier molecular flexibility index (Phi) is 3.31. The van der Waals surface area contributed by atoms with Crippen molar-refractivity contribution in [2.24, 2.45) is 0 Å². The molecule has 5 heteroatoms. The van der Waals surface area contributed by atoms with Crippen molar-refractivity contribution in [2.45, 2.75) is 12.8 Å². The molecule has 16 heavy (non-hydrogen) atoms. The number of pyridine rings is 1. The Morgan fingerprint density at radius 2 is 2.25 bits per heavy atom. The standard InChI is InChI=1S/C11H10ClN3O/c1-8-10(3-2-4-14-8)16-11-7-13-6-9(5-12)15-11/h2-4,6-7H,5H2,1H3. The van der Waals surface area contributed by atoms with Gasteiger partial charge < -0.3 is 4.74 Å². The van der Waals surface area contributed by atoms with Crippen molar-refractivity contribution < 1.29 is 4.74 Å². The van der Waals surface area contributed by atoms with Crippen LogP contribution in [0.25, 0.3) is 0 Å². The van der Waals surface area contributed by atoms with Crippen LogP contribution in [0.2, 0.25) is 0 Å². The maximum Gasteiger partial charge on any atom is 0.238 e. The van der Waals surface area contributed by atoms with Gasteiger partial charge in [0, 0.05) is 12.4 Å². The van der Waals surface area contributed by atoms with E-state index in [-0.39, 0.29) is 0 Å². The minimum atomic E-state index is 0.316. The van der Waals surface area contributed by atoms with E-state index in [1.54, 1.807) is 24.7 Å². The highest BCUT2D eigenvalue weighted by atomic mass is 35.5. The second-order valence-electron chi connectivity index (χ2n) is 3.17. The molecule has 0 saturated carbocycles. The number of hydrogen-bond acceptors (Lipinski definition) is 4. The van der Waals surface area contributed by atoms with Crippen molar-refractivity contribution in [3.05, 3.63) is 42.1 Å². The number of halogens is 1. The average molecular weight is 236 g/mol. The minimum Gasteiger partial charge on any atom is -0.436 e. The molecule has 0 spiro atoms. The molecule has 2 aromatic heterocycles. The zero-order valence-corrected chi connectivity index (χ0v) is 9.48. The second kappa shape index (κ2) is 4.90. The van der Waals surface area contributed by atoms with Gasteiger partial charge >= 0.3 is 0 Å². The van der Waals surface area contributed by atoms with Gasteiger partial charge in [-0.15, -0.1) is 11.6 Å². The fourth-order valence-electron chi connectivity index (χ4n) is 1.19. The molecule has 0 N–H and O–H groups in total. The number of hydrogen-bond donors (Lipinski definition) is 0. The van der Waals surface area contributed by atoms with Crippen molar-refractivity contribution in [3.63, 3.8) is 0 Å². The first-order valence-electron chi connectivity index (χ1n) is 4.76. The lowest BCUT2D eigenvalue weighted by molar-refractivity contribution is 0.452. The van der Waals surface area contributed by atoms with Crippen LogP contribution in [0, 0.1) is 6.92 Å². The third-order valence-corrected chi connectivity index (χ3v) is 2.25. The number of rotatable bonds is 3. The quantitative estimate of drug-likeness (QED) is 0.768. The lowest BCUT2D eigenvalue weighted by Gasteiger charge is -2.06. The Bertz CT molecular complexity index is 490. The maximum atomic E-state index is 5.66. The van der Waals surface area contributed by atoms with Crippen LogP contribution in [-0.4, -0.2) is 15.0 Å². The summed E-state index contributed by atoms with van der Waals surface area (Å²) in [6.45, 7) is 1.87. The topological polar surface area (TPSA) is 47.9 Å². The van der Waals surface area contributed by atoms with E-state index in [9.17, 15) is 0 Å². The smallest absolute Gasteiger partial charge is 0.238 e. The van der Waals surface area contributed by atoms with Crippen LogP contribution in [0.15, 0.2) is 30.7 Å². The SMILES string of the molecule is Cc1ncccc1Oc1cncc(CCl)n1. The van der Waals surface area contributed by atoms with E-state index in [2.05, 4.69) is 15.0 Å². The molecule has 2 heterocycles. The van der Waals surface area contributed by atoms with Gasteiger partial charge in [-0.3, -0.25) is 9.97 Å². The first-order chi connectivity index (χ1) is 7.79. The van der Waals surface area contributed by atoms with Gasteiger partial charge in [-0.1, -0.05) is 0 Å². The first-order valence-corrected chi connectivity index (χ1v) is 5.29. The van der Waals surface area contributed by atoms with E-state index >= 15 is 0 Å². The highest BCUT2D eigenvalue weighted by Gasteiger charge is 2.03. The van der Waals surface area contributed by atoms with E-state index in [0.29, 0.717) is 23.2 Å². The number of ether oxygens (including phenoxy) is 1. The Hall–Kier alpha value is -1.68. The van der Waals surface area contributed by atoms with E-state index in [1.807, 2.05) is 13.0 Å². The van der Waals surface area contributed by atoms with E-state index in [4.69, 9.17) is 16.3 Å². The third-order valence-electron chi connectivity index (χ3n) is 1.97. The summed E-state index contributed by atoms with van der Waals surface area (Å²) in [5.41, 5.74) is 1.49.